The minimum absolute atomic E-state index is 0.286. The summed E-state index contributed by atoms with van der Waals surface area (Å²) < 4.78 is 9.12. The number of aliphatic carboxylic acids is 1. The lowest BCUT2D eigenvalue weighted by Crippen LogP contribution is -2.50. The molecule has 0 spiro atoms. The van der Waals surface area contributed by atoms with Gasteiger partial charge in [0, 0.05) is 11.5 Å². The van der Waals surface area contributed by atoms with Crippen LogP contribution in [-0.4, -0.2) is 49.2 Å². The zero-order chi connectivity index (χ0) is 20.0. The highest BCUT2D eigenvalue weighted by Crippen LogP contribution is 2.20. The molecular weight excluding hydrogens is 342 g/mol. The van der Waals surface area contributed by atoms with Crippen LogP contribution < -0.4 is 5.32 Å². The van der Waals surface area contributed by atoms with Gasteiger partial charge < -0.3 is 19.9 Å². The number of carboxylic acids is 1. The lowest BCUT2D eigenvalue weighted by atomic mass is 9.87. The van der Waals surface area contributed by atoms with Crippen LogP contribution in [-0.2, 0) is 23.9 Å². The number of hydrogen-bond acceptors (Lipinski definition) is 6. The lowest BCUT2D eigenvalue weighted by Gasteiger charge is -2.26. The third-order valence-corrected chi connectivity index (χ3v) is 4.00. The maximum absolute atomic E-state index is 12.5. The molecule has 0 aliphatic rings. The molecule has 0 saturated heterocycles. The van der Waals surface area contributed by atoms with Crippen molar-refractivity contribution < 1.29 is 33.8 Å². The van der Waals surface area contributed by atoms with Crippen LogP contribution in [0.1, 0.15) is 28.4 Å². The lowest BCUT2D eigenvalue weighted by molar-refractivity contribution is -0.162. The third-order valence-electron chi connectivity index (χ3n) is 4.00. The van der Waals surface area contributed by atoms with Crippen LogP contribution in [0.4, 0.5) is 0 Å². The SMILES string of the molecule is COC(=O)C(C(=O)OC)[C@H](C)[C@@H](NC(=O)c1cc(C)cc(C)c1)C(=O)O. The molecule has 2 atom stereocenters. The van der Waals surface area contributed by atoms with Crippen LogP contribution in [0.3, 0.4) is 0 Å². The predicted molar refractivity (Wildman–Crippen MR) is 91.5 cm³/mol. The Morgan fingerprint density at radius 1 is 0.962 bits per heavy atom. The zero-order valence-electron chi connectivity index (χ0n) is 15.4. The molecule has 2 N–H and O–H groups in total. The maximum atomic E-state index is 12.5. The number of carbonyl (C=O) groups is 4. The van der Waals surface area contributed by atoms with Crippen molar-refractivity contribution in [2.24, 2.45) is 11.8 Å². The first kappa shape index (κ1) is 21.1. The molecule has 1 aromatic carbocycles. The van der Waals surface area contributed by atoms with Gasteiger partial charge in [-0.15, -0.1) is 0 Å². The van der Waals surface area contributed by atoms with Crippen LogP contribution >= 0.6 is 0 Å². The van der Waals surface area contributed by atoms with E-state index < -0.39 is 41.7 Å². The van der Waals surface area contributed by atoms with Crippen molar-refractivity contribution in [3.05, 3.63) is 34.9 Å². The standard InChI is InChI=1S/C18H23NO7/c1-9-6-10(2)8-12(7-9)15(20)19-14(16(21)22)11(3)13(17(23)25-4)18(24)26-5/h6-8,11,13-14H,1-5H3,(H,19,20)(H,21,22)/t11-,14+/m0/s1. The number of carbonyl (C=O) groups excluding carboxylic acids is 3. The van der Waals surface area contributed by atoms with Crippen LogP contribution in [0.25, 0.3) is 0 Å². The Hall–Kier alpha value is -2.90. The van der Waals surface area contributed by atoms with Crippen molar-refractivity contribution in [1.29, 1.82) is 0 Å². The smallest absolute Gasteiger partial charge is 0.326 e. The number of benzene rings is 1. The summed E-state index contributed by atoms with van der Waals surface area (Å²) in [4.78, 5) is 47.9. The molecule has 0 aliphatic carbocycles. The van der Waals surface area contributed by atoms with Gasteiger partial charge in [0.25, 0.3) is 5.91 Å². The van der Waals surface area contributed by atoms with E-state index in [9.17, 15) is 24.3 Å². The van der Waals surface area contributed by atoms with E-state index in [-0.39, 0.29) is 5.56 Å². The van der Waals surface area contributed by atoms with E-state index in [1.54, 1.807) is 12.1 Å². The molecule has 26 heavy (non-hydrogen) atoms. The Morgan fingerprint density at radius 2 is 1.42 bits per heavy atom. The topological polar surface area (TPSA) is 119 Å². The molecule has 0 aliphatic heterocycles. The largest absolute Gasteiger partial charge is 0.480 e. The normalized spacial score (nSPS) is 12.8. The number of methoxy groups -OCH3 is 2. The highest BCUT2D eigenvalue weighted by atomic mass is 16.5. The Labute approximate surface area is 151 Å². The second kappa shape index (κ2) is 8.98. The molecule has 142 valence electrons. The molecule has 0 unspecified atom stereocenters. The van der Waals surface area contributed by atoms with Gasteiger partial charge >= 0.3 is 17.9 Å². The van der Waals surface area contributed by atoms with E-state index in [0.29, 0.717) is 0 Å². The van der Waals surface area contributed by atoms with Gasteiger partial charge in [-0.05, 0) is 26.0 Å². The minimum Gasteiger partial charge on any atom is -0.480 e. The molecule has 0 aromatic heterocycles. The van der Waals surface area contributed by atoms with Crippen molar-refractivity contribution in [2.75, 3.05) is 14.2 Å². The number of esters is 2. The van der Waals surface area contributed by atoms with E-state index in [0.717, 1.165) is 25.3 Å². The molecule has 8 heteroatoms. The number of nitrogens with one attached hydrogen (secondary N) is 1. The molecule has 0 bridgehead atoms. The van der Waals surface area contributed by atoms with Crippen LogP contribution in [0, 0.1) is 25.7 Å². The summed E-state index contributed by atoms with van der Waals surface area (Å²) in [5, 5.41) is 11.9. The number of rotatable bonds is 7. The Bertz CT molecular complexity index is 677. The van der Waals surface area contributed by atoms with Crippen molar-refractivity contribution in [1.82, 2.24) is 5.32 Å². The van der Waals surface area contributed by atoms with Crippen molar-refractivity contribution >= 4 is 23.8 Å². The summed E-state index contributed by atoms with van der Waals surface area (Å²) >= 11 is 0. The highest BCUT2D eigenvalue weighted by Gasteiger charge is 2.42. The van der Waals surface area contributed by atoms with E-state index in [1.165, 1.54) is 6.92 Å². The molecule has 0 heterocycles. The van der Waals surface area contributed by atoms with Crippen molar-refractivity contribution in [3.63, 3.8) is 0 Å². The summed E-state index contributed by atoms with van der Waals surface area (Å²) in [6.07, 6.45) is 0. The van der Waals surface area contributed by atoms with Gasteiger partial charge in [0.05, 0.1) is 14.2 Å². The number of amides is 1. The third kappa shape index (κ3) is 5.05. The molecule has 1 rings (SSSR count). The van der Waals surface area contributed by atoms with Gasteiger partial charge in [-0.2, -0.15) is 0 Å². The number of hydrogen-bond donors (Lipinski definition) is 2. The van der Waals surface area contributed by atoms with Crippen molar-refractivity contribution in [3.8, 4) is 0 Å². The average Bonchev–Trinajstić information content (AvgIpc) is 2.57. The Kier molecular flexibility index (Phi) is 7.30. The quantitative estimate of drug-likeness (QED) is 0.548. The Morgan fingerprint density at radius 3 is 1.81 bits per heavy atom. The summed E-state index contributed by atoms with van der Waals surface area (Å²) in [6, 6.07) is 3.61. The Balaban J connectivity index is 3.13. The number of aryl methyl sites for hydroxylation is 2. The fraction of sp³-hybridized carbons (Fsp3) is 0.444. The second-order valence-electron chi connectivity index (χ2n) is 6.05. The van der Waals surface area contributed by atoms with Crippen LogP contribution in [0.5, 0.6) is 0 Å². The van der Waals surface area contributed by atoms with Crippen LogP contribution in [0.15, 0.2) is 18.2 Å². The molecule has 0 saturated carbocycles. The van der Waals surface area contributed by atoms with Gasteiger partial charge in [-0.3, -0.25) is 14.4 Å². The minimum atomic E-state index is -1.49. The molecule has 1 amide bonds. The van der Waals surface area contributed by atoms with Gasteiger partial charge in [0.15, 0.2) is 5.92 Å². The summed E-state index contributed by atoms with van der Waals surface area (Å²) in [6.45, 7) is 4.98. The molecule has 8 nitrogen and oxygen atoms in total. The first-order valence-electron chi connectivity index (χ1n) is 7.90. The number of carboxylic acid groups (broad SMARTS) is 1. The summed E-state index contributed by atoms with van der Waals surface area (Å²) in [5.41, 5.74) is 1.97. The fourth-order valence-corrected chi connectivity index (χ4v) is 2.72. The average molecular weight is 365 g/mol. The van der Waals surface area contributed by atoms with Gasteiger partial charge in [0.1, 0.15) is 6.04 Å². The van der Waals surface area contributed by atoms with E-state index >= 15 is 0 Å². The van der Waals surface area contributed by atoms with E-state index in [2.05, 4.69) is 14.8 Å². The van der Waals surface area contributed by atoms with E-state index in [4.69, 9.17) is 0 Å². The van der Waals surface area contributed by atoms with E-state index in [1.807, 2.05) is 19.9 Å². The predicted octanol–water partition coefficient (Wildman–Crippen LogP) is 1.08. The highest BCUT2D eigenvalue weighted by molar-refractivity contribution is 5.99. The molecule has 0 fully saturated rings. The zero-order valence-corrected chi connectivity index (χ0v) is 15.4. The van der Waals surface area contributed by atoms with Gasteiger partial charge in [-0.25, -0.2) is 4.79 Å². The summed E-state index contributed by atoms with van der Waals surface area (Å²) in [5.74, 6) is -6.45. The molecule has 1 aromatic rings. The molecular formula is C18H23NO7. The monoisotopic (exact) mass is 365 g/mol. The van der Waals surface area contributed by atoms with Crippen molar-refractivity contribution in [2.45, 2.75) is 26.8 Å². The first-order valence-corrected chi connectivity index (χ1v) is 7.90. The summed E-state index contributed by atoms with van der Waals surface area (Å²) in [7, 11) is 2.16. The van der Waals surface area contributed by atoms with Crippen LogP contribution in [0.2, 0.25) is 0 Å². The van der Waals surface area contributed by atoms with Gasteiger partial charge in [-0.1, -0.05) is 24.1 Å². The van der Waals surface area contributed by atoms with Gasteiger partial charge in [0.2, 0.25) is 0 Å². The first-order chi connectivity index (χ1) is 12.1. The fourth-order valence-electron chi connectivity index (χ4n) is 2.72. The second-order valence-corrected chi connectivity index (χ2v) is 6.05. The number of ether oxygens (including phenoxy) is 2. The molecule has 0 radical (unpaired) electrons. The maximum Gasteiger partial charge on any atom is 0.326 e.